The van der Waals surface area contributed by atoms with E-state index in [2.05, 4.69) is 10.1 Å². The van der Waals surface area contributed by atoms with Crippen molar-refractivity contribution < 1.29 is 22.5 Å². The number of ether oxygens (including phenoxy) is 2. The van der Waals surface area contributed by atoms with Gasteiger partial charge in [-0.2, -0.15) is 0 Å². The molecular formula is C12H15NO3. The first kappa shape index (κ1) is 5.57. The molecule has 1 fully saturated rings. The third kappa shape index (κ3) is 2.66. The van der Waals surface area contributed by atoms with Gasteiger partial charge in [0.2, 0.25) is 0 Å². The number of rotatable bonds is 3. The molecule has 0 spiro atoms. The molecule has 1 aromatic rings. The number of hydrogen-bond acceptors (Lipinski definition) is 3. The van der Waals surface area contributed by atoms with Crippen LogP contribution in [0.1, 0.15) is 19.4 Å². The van der Waals surface area contributed by atoms with Gasteiger partial charge in [-0.15, -0.1) is 0 Å². The van der Waals surface area contributed by atoms with Crippen molar-refractivity contribution in [1.82, 2.24) is 5.32 Å². The van der Waals surface area contributed by atoms with Gasteiger partial charge in [-0.1, -0.05) is 6.04 Å². The molecule has 0 saturated carbocycles. The zero-order valence-corrected chi connectivity index (χ0v) is 8.93. The summed E-state index contributed by atoms with van der Waals surface area (Å²) in [5, 5.41) is 2.17. The number of benzene rings is 1. The molecule has 1 aromatic carbocycles. The van der Waals surface area contributed by atoms with Crippen molar-refractivity contribution in [3.8, 4) is 5.75 Å². The Morgan fingerprint density at radius 3 is 2.88 bits per heavy atom. The average molecular weight is 227 g/mol. The molecule has 4 heteroatoms. The third-order valence-electron chi connectivity index (χ3n) is 1.85. The predicted molar refractivity (Wildman–Crippen MR) is 59.7 cm³/mol. The van der Waals surface area contributed by atoms with E-state index in [0.29, 0.717) is 0 Å². The van der Waals surface area contributed by atoms with Crippen LogP contribution in [0.4, 0.5) is 4.79 Å². The molecule has 1 unspecified atom stereocenters. The Labute approximate surface area is 103 Å². The van der Waals surface area contributed by atoms with Gasteiger partial charge in [0.25, 0.3) is 0 Å². The summed E-state index contributed by atoms with van der Waals surface area (Å²) in [7, 11) is 0. The van der Waals surface area contributed by atoms with E-state index in [1.165, 1.54) is 13.8 Å². The second-order valence-corrected chi connectivity index (χ2v) is 3.32. The van der Waals surface area contributed by atoms with Crippen molar-refractivity contribution in [2.75, 3.05) is 13.1 Å². The lowest BCUT2D eigenvalue weighted by Crippen LogP contribution is -2.21. The van der Waals surface area contributed by atoms with Crippen molar-refractivity contribution in [2.45, 2.75) is 19.9 Å². The highest BCUT2D eigenvalue weighted by Gasteiger charge is 2.22. The topological polar surface area (TPSA) is 47.6 Å². The molecule has 1 heterocycles. The van der Waals surface area contributed by atoms with E-state index < -0.39 is 25.3 Å². The number of carbonyl (C=O) groups is 1. The summed E-state index contributed by atoms with van der Waals surface area (Å²) in [6.07, 6.45) is -3.27. The summed E-state index contributed by atoms with van der Waals surface area (Å²) < 4.78 is 56.9. The molecule has 4 nitrogen and oxygen atoms in total. The van der Waals surface area contributed by atoms with E-state index in [0.717, 1.165) is 0 Å². The first-order valence-corrected chi connectivity index (χ1v) is 4.73. The maximum Gasteiger partial charge on any atom is 0.407 e. The van der Waals surface area contributed by atoms with Gasteiger partial charge in [0.05, 0.1) is 14.8 Å². The van der Waals surface area contributed by atoms with Crippen LogP contribution in [0.5, 0.6) is 5.75 Å². The van der Waals surface area contributed by atoms with Gasteiger partial charge in [0.15, 0.2) is 6.08 Å². The highest BCUT2D eigenvalue weighted by atomic mass is 16.6. The van der Waals surface area contributed by atoms with Crippen molar-refractivity contribution >= 4 is 6.09 Å². The van der Waals surface area contributed by atoms with Gasteiger partial charge < -0.3 is 14.8 Å². The molecule has 0 bridgehead atoms. The zero-order valence-electron chi connectivity index (χ0n) is 14.9. The molecule has 1 amide bonds. The maximum atomic E-state index is 11.1. The van der Waals surface area contributed by atoms with Crippen LogP contribution in [0.15, 0.2) is 18.1 Å². The Morgan fingerprint density at radius 2 is 2.31 bits per heavy atom. The van der Waals surface area contributed by atoms with Crippen LogP contribution in [-0.2, 0) is 4.74 Å². The Kier molecular flexibility index (Phi) is 1.54. The second kappa shape index (κ2) is 4.43. The molecule has 86 valence electrons. The van der Waals surface area contributed by atoms with Crippen molar-refractivity contribution in [2.24, 2.45) is 0 Å². The number of cyclic esters (lactones) is 1. The fourth-order valence-electron chi connectivity index (χ4n) is 1.27. The third-order valence-corrected chi connectivity index (χ3v) is 1.85. The fraction of sp³-hybridized carbons (Fsp3) is 0.417. The van der Waals surface area contributed by atoms with Gasteiger partial charge in [-0.3, -0.25) is 0 Å². The minimum atomic E-state index is -2.78. The van der Waals surface area contributed by atoms with Crippen molar-refractivity contribution in [1.29, 1.82) is 0 Å². The maximum absolute atomic E-state index is 11.1. The normalized spacial score (nSPS) is 30.0. The summed E-state index contributed by atoms with van der Waals surface area (Å²) in [6, 6.07) is -0.590. The Bertz CT molecular complexity index is 621. The summed E-state index contributed by atoms with van der Waals surface area (Å²) in [6.45, 7) is -0.214. The van der Waals surface area contributed by atoms with Crippen LogP contribution in [0, 0.1) is 13.8 Å². The van der Waals surface area contributed by atoms with Crippen LogP contribution in [0.25, 0.3) is 0 Å². The standard InChI is InChI=1S/C12H15NO3/c1-8-3-9(2)5-10(4-8)15-7-11-6-13-12(14)16-11/h3-5,11H,6-7H2,1-2H3,(H,13,14)/i3D,4D,5D,7D2,11D. The summed E-state index contributed by atoms with van der Waals surface area (Å²) in [5.41, 5.74) is 0.472. The summed E-state index contributed by atoms with van der Waals surface area (Å²) in [4.78, 5) is 11.1. The van der Waals surface area contributed by atoms with Crippen LogP contribution in [-0.4, -0.2) is 25.3 Å². The SMILES string of the molecule is [2H]c1c(C)c([2H])c(OC([2H])([2H])C2([2H])CNC(=O)O2)c([2H])c1C. The Morgan fingerprint density at radius 1 is 1.62 bits per heavy atom. The summed E-state index contributed by atoms with van der Waals surface area (Å²) in [5.74, 6) is -0.384. The molecule has 1 aliphatic rings. The minimum Gasteiger partial charge on any atom is -0.490 e. The van der Waals surface area contributed by atoms with Gasteiger partial charge >= 0.3 is 6.09 Å². The minimum absolute atomic E-state index is 0.0115. The van der Waals surface area contributed by atoms with E-state index in [1.807, 2.05) is 0 Å². The predicted octanol–water partition coefficient (Wildman–Crippen LogP) is 1.79. The molecule has 0 aromatic heterocycles. The monoisotopic (exact) mass is 227 g/mol. The molecule has 0 aliphatic carbocycles. The molecule has 0 radical (unpaired) electrons. The van der Waals surface area contributed by atoms with Crippen LogP contribution >= 0.6 is 0 Å². The number of nitrogens with one attached hydrogen (secondary N) is 1. The van der Waals surface area contributed by atoms with E-state index in [4.69, 9.17) is 13.0 Å². The molecular weight excluding hydrogens is 206 g/mol. The highest BCUT2D eigenvalue weighted by molar-refractivity contribution is 5.69. The van der Waals surface area contributed by atoms with Crippen LogP contribution in [0.3, 0.4) is 0 Å². The lowest BCUT2D eigenvalue weighted by atomic mass is 10.1. The lowest BCUT2D eigenvalue weighted by Gasteiger charge is -2.11. The van der Waals surface area contributed by atoms with Crippen molar-refractivity contribution in [3.05, 3.63) is 29.3 Å². The molecule has 1 atom stereocenters. The molecule has 1 aliphatic heterocycles. The molecule has 2 rings (SSSR count). The molecule has 16 heavy (non-hydrogen) atoms. The van der Waals surface area contributed by atoms with Gasteiger partial charge in [0.1, 0.15) is 12.3 Å². The second-order valence-electron chi connectivity index (χ2n) is 3.32. The van der Waals surface area contributed by atoms with E-state index >= 15 is 0 Å². The number of carbonyl (C=O) groups excluding carboxylic acids is 1. The molecule has 1 N–H and O–H groups in total. The number of alkyl carbamates (subject to hydrolysis) is 1. The fourth-order valence-corrected chi connectivity index (χ4v) is 1.27. The smallest absolute Gasteiger partial charge is 0.407 e. The van der Waals surface area contributed by atoms with E-state index in [9.17, 15) is 4.79 Å². The van der Waals surface area contributed by atoms with Crippen molar-refractivity contribution in [3.63, 3.8) is 0 Å². The van der Waals surface area contributed by atoms with Gasteiger partial charge in [-0.25, -0.2) is 4.79 Å². The largest absolute Gasteiger partial charge is 0.490 e. The number of amides is 1. The van der Waals surface area contributed by atoms with Gasteiger partial charge in [0, 0.05) is 0 Å². The Hall–Kier alpha value is -1.71. The van der Waals surface area contributed by atoms with Gasteiger partial charge in [-0.05, 0) is 37.1 Å². The first-order valence-electron chi connectivity index (χ1n) is 7.73. The summed E-state index contributed by atoms with van der Waals surface area (Å²) >= 11 is 0. The zero-order chi connectivity index (χ0) is 16.9. The first-order chi connectivity index (χ1) is 10.00. The average Bonchev–Trinajstić information content (AvgIpc) is 2.80. The highest BCUT2D eigenvalue weighted by Crippen LogP contribution is 2.16. The van der Waals surface area contributed by atoms with E-state index in [-0.39, 0.29) is 35.0 Å². The van der Waals surface area contributed by atoms with Crippen LogP contribution in [0.2, 0.25) is 0 Å². The lowest BCUT2D eigenvalue weighted by molar-refractivity contribution is 0.105. The Balaban J connectivity index is 2.45. The quantitative estimate of drug-likeness (QED) is 0.856. The van der Waals surface area contributed by atoms with Crippen LogP contribution < -0.4 is 10.1 Å². The number of hydrogen-bond donors (Lipinski definition) is 1. The van der Waals surface area contributed by atoms with E-state index in [1.54, 1.807) is 0 Å². The molecule has 1 saturated heterocycles.